The van der Waals surface area contributed by atoms with E-state index in [-0.39, 0.29) is 11.5 Å². The number of nitrogens with one attached hydrogen (secondary N) is 1. The first kappa shape index (κ1) is 13.7. The Kier molecular flexibility index (Phi) is 3.90. The Morgan fingerprint density at radius 2 is 2.00 bits per heavy atom. The summed E-state index contributed by atoms with van der Waals surface area (Å²) in [4.78, 5) is 6.18. The lowest BCUT2D eigenvalue weighted by Crippen LogP contribution is -2.18. The number of aryl methyl sites for hydroxylation is 1. The largest absolute Gasteiger partial charge is 0.307 e. The molecule has 0 aromatic carbocycles. The van der Waals surface area contributed by atoms with Crippen LogP contribution in [0.1, 0.15) is 48.0 Å². The van der Waals surface area contributed by atoms with Crippen LogP contribution in [-0.4, -0.2) is 12.0 Å². The zero-order valence-electron chi connectivity index (χ0n) is 11.6. The molecule has 98 valence electrons. The van der Waals surface area contributed by atoms with Crippen molar-refractivity contribution >= 4 is 22.7 Å². The normalized spacial score (nSPS) is 13.8. The maximum absolute atomic E-state index is 4.81. The molecule has 0 aliphatic rings. The molecule has 0 bridgehead atoms. The van der Waals surface area contributed by atoms with Gasteiger partial charge in [-0.1, -0.05) is 20.8 Å². The Hall–Kier alpha value is -0.710. The van der Waals surface area contributed by atoms with Gasteiger partial charge < -0.3 is 5.32 Å². The number of aromatic nitrogens is 1. The van der Waals surface area contributed by atoms with Crippen molar-refractivity contribution < 1.29 is 0 Å². The molecule has 0 saturated carbocycles. The Labute approximate surface area is 117 Å². The molecule has 4 heteroatoms. The molecule has 2 aromatic heterocycles. The van der Waals surface area contributed by atoms with Crippen LogP contribution in [0.4, 0.5) is 0 Å². The highest BCUT2D eigenvalue weighted by Crippen LogP contribution is 2.33. The van der Waals surface area contributed by atoms with Crippen LogP contribution in [0.3, 0.4) is 0 Å². The highest BCUT2D eigenvalue weighted by molar-refractivity contribution is 7.11. The Balaban J connectivity index is 2.35. The van der Waals surface area contributed by atoms with Crippen molar-refractivity contribution in [3.8, 4) is 0 Å². The van der Waals surface area contributed by atoms with Crippen LogP contribution in [0, 0.1) is 6.92 Å². The summed E-state index contributed by atoms with van der Waals surface area (Å²) >= 11 is 3.55. The van der Waals surface area contributed by atoms with Crippen LogP contribution in [0.2, 0.25) is 0 Å². The van der Waals surface area contributed by atoms with Crippen molar-refractivity contribution in [2.45, 2.75) is 39.2 Å². The fraction of sp³-hybridized carbons (Fsp3) is 0.500. The summed E-state index contributed by atoms with van der Waals surface area (Å²) in [6.45, 7) is 8.78. The molecule has 0 spiro atoms. The van der Waals surface area contributed by atoms with Crippen LogP contribution in [0.15, 0.2) is 16.8 Å². The molecule has 0 radical (unpaired) electrons. The molecule has 1 atom stereocenters. The van der Waals surface area contributed by atoms with Gasteiger partial charge in [-0.15, -0.1) is 22.7 Å². The maximum atomic E-state index is 4.81. The molecular formula is C14H20N2S2. The minimum atomic E-state index is 0.123. The first-order valence-corrected chi connectivity index (χ1v) is 7.86. The van der Waals surface area contributed by atoms with Crippen molar-refractivity contribution in [3.05, 3.63) is 38.0 Å². The number of rotatable bonds is 3. The highest BCUT2D eigenvalue weighted by atomic mass is 32.1. The van der Waals surface area contributed by atoms with Gasteiger partial charge in [0.2, 0.25) is 0 Å². The monoisotopic (exact) mass is 280 g/mol. The van der Waals surface area contributed by atoms with E-state index in [1.807, 2.05) is 7.05 Å². The van der Waals surface area contributed by atoms with Crippen molar-refractivity contribution in [1.82, 2.24) is 10.3 Å². The summed E-state index contributed by atoms with van der Waals surface area (Å²) in [5.74, 6) is 0. The molecule has 2 aromatic rings. The average Bonchev–Trinajstić information content (AvgIpc) is 2.89. The molecule has 2 rings (SSSR count). The summed E-state index contributed by atoms with van der Waals surface area (Å²) in [6, 6.07) is 2.40. The third-order valence-corrected chi connectivity index (χ3v) is 4.98. The van der Waals surface area contributed by atoms with E-state index in [0.717, 1.165) is 5.01 Å². The average molecular weight is 280 g/mol. The fourth-order valence-corrected chi connectivity index (χ4v) is 4.09. The molecule has 2 nitrogen and oxygen atoms in total. The Morgan fingerprint density at radius 3 is 2.44 bits per heavy atom. The Bertz CT molecular complexity index is 520. The minimum Gasteiger partial charge on any atom is -0.307 e. The lowest BCUT2D eigenvalue weighted by Gasteiger charge is -2.16. The molecule has 0 aliphatic heterocycles. The predicted octanol–water partition coefficient (Wildman–Crippen LogP) is 4.12. The van der Waals surface area contributed by atoms with Crippen molar-refractivity contribution in [1.29, 1.82) is 0 Å². The van der Waals surface area contributed by atoms with Crippen LogP contribution >= 0.6 is 22.7 Å². The second kappa shape index (κ2) is 5.11. The molecule has 0 fully saturated rings. The van der Waals surface area contributed by atoms with Gasteiger partial charge in [-0.05, 0) is 31.0 Å². The van der Waals surface area contributed by atoms with E-state index < -0.39 is 0 Å². The molecular weight excluding hydrogens is 260 g/mol. The van der Waals surface area contributed by atoms with Crippen LogP contribution in [-0.2, 0) is 5.41 Å². The Morgan fingerprint density at radius 1 is 1.28 bits per heavy atom. The van der Waals surface area contributed by atoms with Crippen molar-refractivity contribution in [3.63, 3.8) is 0 Å². The van der Waals surface area contributed by atoms with Crippen LogP contribution < -0.4 is 5.32 Å². The lowest BCUT2D eigenvalue weighted by molar-refractivity contribution is 0.566. The van der Waals surface area contributed by atoms with Gasteiger partial charge in [0.15, 0.2) is 0 Å². The van der Waals surface area contributed by atoms with Gasteiger partial charge in [0.1, 0.15) is 5.01 Å². The van der Waals surface area contributed by atoms with E-state index in [2.05, 4.69) is 49.8 Å². The van der Waals surface area contributed by atoms with Gasteiger partial charge in [0.25, 0.3) is 0 Å². The van der Waals surface area contributed by atoms with Gasteiger partial charge in [0, 0.05) is 15.7 Å². The summed E-state index contributed by atoms with van der Waals surface area (Å²) < 4.78 is 0. The smallest absolute Gasteiger partial charge is 0.115 e. The molecule has 2 heterocycles. The number of thiazole rings is 1. The summed E-state index contributed by atoms with van der Waals surface area (Å²) in [5, 5.41) is 8.87. The van der Waals surface area contributed by atoms with E-state index >= 15 is 0 Å². The van der Waals surface area contributed by atoms with Crippen LogP contribution in [0.25, 0.3) is 0 Å². The van der Waals surface area contributed by atoms with E-state index in [9.17, 15) is 0 Å². The van der Waals surface area contributed by atoms with E-state index in [0.29, 0.717) is 0 Å². The summed E-state index contributed by atoms with van der Waals surface area (Å²) in [6.07, 6.45) is 0. The third-order valence-electron chi connectivity index (χ3n) is 2.99. The maximum Gasteiger partial charge on any atom is 0.115 e. The number of nitrogens with zero attached hydrogens (tertiary/aromatic N) is 1. The van der Waals surface area contributed by atoms with E-state index in [1.54, 1.807) is 22.7 Å². The quantitative estimate of drug-likeness (QED) is 0.915. The molecule has 1 unspecified atom stereocenters. The molecule has 0 amide bonds. The molecule has 0 aliphatic carbocycles. The predicted molar refractivity (Wildman–Crippen MR) is 80.8 cm³/mol. The van der Waals surface area contributed by atoms with E-state index in [4.69, 9.17) is 4.98 Å². The molecule has 1 N–H and O–H groups in total. The van der Waals surface area contributed by atoms with Gasteiger partial charge in [-0.3, -0.25) is 0 Å². The summed E-state index contributed by atoms with van der Waals surface area (Å²) in [5.41, 5.74) is 2.64. The van der Waals surface area contributed by atoms with E-state index in [1.165, 1.54) is 16.1 Å². The lowest BCUT2D eigenvalue weighted by atomic mass is 9.93. The fourth-order valence-electron chi connectivity index (χ4n) is 1.81. The van der Waals surface area contributed by atoms with Gasteiger partial charge in [-0.2, -0.15) is 0 Å². The molecule has 18 heavy (non-hydrogen) atoms. The van der Waals surface area contributed by atoms with Gasteiger partial charge in [-0.25, -0.2) is 4.98 Å². The zero-order valence-corrected chi connectivity index (χ0v) is 13.2. The number of hydrogen-bond acceptors (Lipinski definition) is 4. The molecule has 0 saturated heterocycles. The first-order chi connectivity index (χ1) is 8.43. The van der Waals surface area contributed by atoms with Crippen molar-refractivity contribution in [2.24, 2.45) is 0 Å². The minimum absolute atomic E-state index is 0.123. The highest BCUT2D eigenvalue weighted by Gasteiger charge is 2.23. The zero-order chi connectivity index (χ0) is 13.3. The number of thiophene rings is 1. The van der Waals surface area contributed by atoms with Crippen molar-refractivity contribution in [2.75, 3.05) is 7.05 Å². The second-order valence-corrected chi connectivity index (χ2v) is 7.35. The summed E-state index contributed by atoms with van der Waals surface area (Å²) in [7, 11) is 2.00. The SMILES string of the molecule is CNC(c1nc(C(C)(C)C)cs1)c1sccc1C. The topological polar surface area (TPSA) is 24.9 Å². The van der Waals surface area contributed by atoms with Gasteiger partial charge in [0.05, 0.1) is 11.7 Å². The first-order valence-electron chi connectivity index (χ1n) is 6.10. The van der Waals surface area contributed by atoms with Crippen LogP contribution in [0.5, 0.6) is 0 Å². The number of hydrogen-bond donors (Lipinski definition) is 1. The van der Waals surface area contributed by atoms with Gasteiger partial charge >= 0.3 is 0 Å². The third kappa shape index (κ3) is 2.66. The second-order valence-electron chi connectivity index (χ2n) is 5.51. The standard InChI is InChI=1S/C14H20N2S2/c1-9-6-7-17-12(9)11(15-5)13-16-10(8-18-13)14(2,3)4/h6-8,11,15H,1-5H3.